The molecular formula is C25H28F3N5O5. The molecule has 38 heavy (non-hydrogen) atoms. The minimum atomic E-state index is -5.02. The first-order valence-corrected chi connectivity index (χ1v) is 12.0. The first-order valence-electron chi connectivity index (χ1n) is 12.0. The van der Waals surface area contributed by atoms with Crippen molar-refractivity contribution < 1.29 is 37.0 Å². The number of carbonyl (C=O) groups excluding carboxylic acids is 3. The van der Waals surface area contributed by atoms with Crippen LogP contribution in [0.25, 0.3) is 0 Å². The highest BCUT2D eigenvalue weighted by atomic mass is 19.4. The monoisotopic (exact) mass is 535 g/mol. The number of hydrogen-bond donors (Lipinski definition) is 1. The number of hydrogen-bond acceptors (Lipinski definition) is 7. The van der Waals surface area contributed by atoms with Gasteiger partial charge in [0.1, 0.15) is 5.54 Å². The van der Waals surface area contributed by atoms with E-state index < -0.39 is 35.5 Å². The van der Waals surface area contributed by atoms with Crippen LogP contribution in [0.2, 0.25) is 0 Å². The SMILES string of the molecule is CC1(C)C(=O)N(c2ccc(OC(F)(F)F)c(NC(=O)CCN3CCOCC3)c2)C(=O)N1Cc1ccncc1. The van der Waals surface area contributed by atoms with Crippen LogP contribution in [-0.4, -0.2) is 77.4 Å². The predicted octanol–water partition coefficient (Wildman–Crippen LogP) is 3.39. The zero-order valence-corrected chi connectivity index (χ0v) is 21.0. The van der Waals surface area contributed by atoms with Crippen LogP contribution >= 0.6 is 0 Å². The Balaban J connectivity index is 1.57. The van der Waals surface area contributed by atoms with Gasteiger partial charge < -0.3 is 19.7 Å². The quantitative estimate of drug-likeness (QED) is 0.517. The highest BCUT2D eigenvalue weighted by molar-refractivity contribution is 6.23. The van der Waals surface area contributed by atoms with E-state index in [9.17, 15) is 27.6 Å². The molecule has 1 aromatic heterocycles. The van der Waals surface area contributed by atoms with Crippen molar-refractivity contribution in [2.45, 2.75) is 38.7 Å². The van der Waals surface area contributed by atoms with E-state index in [4.69, 9.17) is 4.74 Å². The Morgan fingerprint density at radius 1 is 1.13 bits per heavy atom. The van der Waals surface area contributed by atoms with Crippen LogP contribution in [0.4, 0.5) is 29.3 Å². The summed E-state index contributed by atoms with van der Waals surface area (Å²) >= 11 is 0. The number of nitrogens with one attached hydrogen (secondary N) is 1. The van der Waals surface area contributed by atoms with Crippen molar-refractivity contribution in [3.05, 3.63) is 48.3 Å². The summed E-state index contributed by atoms with van der Waals surface area (Å²) in [6.07, 6.45) is -1.87. The molecule has 0 aliphatic carbocycles. The van der Waals surface area contributed by atoms with Gasteiger partial charge in [-0.2, -0.15) is 0 Å². The molecule has 3 heterocycles. The first kappa shape index (κ1) is 27.3. The molecular weight excluding hydrogens is 507 g/mol. The van der Waals surface area contributed by atoms with Gasteiger partial charge >= 0.3 is 12.4 Å². The van der Waals surface area contributed by atoms with Gasteiger partial charge in [0.25, 0.3) is 5.91 Å². The molecule has 0 bridgehead atoms. The normalized spacial score (nSPS) is 18.1. The molecule has 0 saturated carbocycles. The summed E-state index contributed by atoms with van der Waals surface area (Å²) in [5.41, 5.74) is -0.789. The zero-order chi connectivity index (χ0) is 27.5. The molecule has 4 amide bonds. The summed E-state index contributed by atoms with van der Waals surface area (Å²) in [6, 6.07) is 6.06. The number of nitrogens with zero attached hydrogens (tertiary/aromatic N) is 4. The summed E-state index contributed by atoms with van der Waals surface area (Å²) in [5, 5.41) is 2.45. The van der Waals surface area contributed by atoms with E-state index in [0.29, 0.717) is 32.8 Å². The van der Waals surface area contributed by atoms with Crippen molar-refractivity contribution in [2.24, 2.45) is 0 Å². The molecule has 2 fully saturated rings. The lowest BCUT2D eigenvalue weighted by Gasteiger charge is -2.27. The van der Waals surface area contributed by atoms with Gasteiger partial charge in [-0.3, -0.25) is 19.5 Å². The van der Waals surface area contributed by atoms with E-state index in [1.54, 1.807) is 38.4 Å². The maximum absolute atomic E-state index is 13.4. The fourth-order valence-corrected chi connectivity index (χ4v) is 4.27. The largest absolute Gasteiger partial charge is 0.573 e. The third-order valence-electron chi connectivity index (χ3n) is 6.39. The average Bonchev–Trinajstić information content (AvgIpc) is 3.03. The number of alkyl halides is 3. The minimum Gasteiger partial charge on any atom is -0.404 e. The van der Waals surface area contributed by atoms with Crippen molar-refractivity contribution in [2.75, 3.05) is 43.1 Å². The van der Waals surface area contributed by atoms with E-state index in [2.05, 4.69) is 15.0 Å². The number of morpholine rings is 1. The number of aromatic nitrogens is 1. The van der Waals surface area contributed by atoms with E-state index in [0.717, 1.165) is 22.6 Å². The lowest BCUT2D eigenvalue weighted by molar-refractivity contribution is -0.274. The highest BCUT2D eigenvalue weighted by Crippen LogP contribution is 2.38. The molecule has 10 nitrogen and oxygen atoms in total. The van der Waals surface area contributed by atoms with Crippen LogP contribution in [0.15, 0.2) is 42.7 Å². The Morgan fingerprint density at radius 2 is 1.82 bits per heavy atom. The molecule has 2 aliphatic rings. The van der Waals surface area contributed by atoms with Gasteiger partial charge in [0.2, 0.25) is 5.91 Å². The van der Waals surface area contributed by atoms with Crippen molar-refractivity contribution >= 4 is 29.2 Å². The number of anilines is 2. The Bertz CT molecular complexity index is 1190. The smallest absolute Gasteiger partial charge is 0.404 e. The first-order chi connectivity index (χ1) is 18.0. The van der Waals surface area contributed by atoms with E-state index in [1.807, 2.05) is 4.90 Å². The maximum atomic E-state index is 13.4. The molecule has 204 valence electrons. The maximum Gasteiger partial charge on any atom is 0.573 e. The molecule has 0 radical (unpaired) electrons. The fourth-order valence-electron chi connectivity index (χ4n) is 4.27. The number of benzene rings is 1. The molecule has 0 atom stereocenters. The van der Waals surface area contributed by atoms with Gasteiger partial charge in [-0.05, 0) is 49.7 Å². The van der Waals surface area contributed by atoms with E-state index >= 15 is 0 Å². The van der Waals surface area contributed by atoms with Crippen LogP contribution in [0, 0.1) is 0 Å². The van der Waals surface area contributed by atoms with Crippen molar-refractivity contribution in [1.82, 2.24) is 14.8 Å². The molecule has 2 aliphatic heterocycles. The number of pyridine rings is 1. The molecule has 0 unspecified atom stereocenters. The zero-order valence-electron chi connectivity index (χ0n) is 21.0. The topological polar surface area (TPSA) is 104 Å². The second kappa shape index (κ2) is 11.0. The second-order valence-corrected chi connectivity index (χ2v) is 9.40. The number of imide groups is 1. The summed E-state index contributed by atoms with van der Waals surface area (Å²) < 4.78 is 48.5. The number of carbonyl (C=O) groups is 3. The summed E-state index contributed by atoms with van der Waals surface area (Å²) in [4.78, 5) is 47.5. The second-order valence-electron chi connectivity index (χ2n) is 9.40. The number of ether oxygens (including phenoxy) is 2. The highest BCUT2D eigenvalue weighted by Gasteiger charge is 2.52. The van der Waals surface area contributed by atoms with Gasteiger partial charge in [0.05, 0.1) is 24.6 Å². The van der Waals surface area contributed by atoms with Crippen LogP contribution in [0.5, 0.6) is 5.75 Å². The number of halogens is 3. The average molecular weight is 536 g/mol. The molecule has 1 N–H and O–H groups in total. The van der Waals surface area contributed by atoms with Gasteiger partial charge in [0, 0.05) is 45.0 Å². The van der Waals surface area contributed by atoms with Crippen LogP contribution in [0.3, 0.4) is 0 Å². The Labute approximate surface area is 217 Å². The third kappa shape index (κ3) is 6.22. The van der Waals surface area contributed by atoms with Crippen molar-refractivity contribution in [3.8, 4) is 5.75 Å². The van der Waals surface area contributed by atoms with Gasteiger partial charge in [0.15, 0.2) is 5.75 Å². The van der Waals surface area contributed by atoms with Crippen LogP contribution in [0.1, 0.15) is 25.8 Å². The summed E-state index contributed by atoms with van der Waals surface area (Å²) in [5.74, 6) is -1.77. The molecule has 13 heteroatoms. The number of amides is 4. The predicted molar refractivity (Wildman–Crippen MR) is 130 cm³/mol. The third-order valence-corrected chi connectivity index (χ3v) is 6.39. The summed E-state index contributed by atoms with van der Waals surface area (Å²) in [6.45, 7) is 6.07. The van der Waals surface area contributed by atoms with Crippen molar-refractivity contribution in [3.63, 3.8) is 0 Å². The lowest BCUT2D eigenvalue weighted by Crippen LogP contribution is -2.43. The van der Waals surface area contributed by atoms with Gasteiger partial charge in [-0.1, -0.05) is 0 Å². The van der Waals surface area contributed by atoms with Gasteiger partial charge in [-0.15, -0.1) is 13.2 Å². The molecule has 0 spiro atoms. The Morgan fingerprint density at radius 3 is 2.47 bits per heavy atom. The molecule has 2 saturated heterocycles. The fraction of sp³-hybridized carbons (Fsp3) is 0.440. The standard InChI is InChI=1S/C25H28F3N5O5/c1-24(2)22(35)33(23(36)32(24)16-17-5-8-29-9-6-17)18-3-4-20(38-25(26,27)28)19(15-18)30-21(34)7-10-31-11-13-37-14-12-31/h3-6,8-9,15H,7,10-14,16H2,1-2H3,(H,30,34). The summed E-state index contributed by atoms with van der Waals surface area (Å²) in [7, 11) is 0. The lowest BCUT2D eigenvalue weighted by atomic mass is 10.0. The molecule has 2 aromatic rings. The van der Waals surface area contributed by atoms with Gasteiger partial charge in [-0.25, -0.2) is 9.69 Å². The van der Waals surface area contributed by atoms with E-state index in [-0.39, 0.29) is 24.3 Å². The molecule has 4 rings (SSSR count). The number of urea groups is 1. The number of rotatable bonds is 8. The van der Waals surface area contributed by atoms with Crippen LogP contribution < -0.4 is 15.0 Å². The van der Waals surface area contributed by atoms with Crippen LogP contribution in [-0.2, 0) is 20.9 Å². The Hall–Kier alpha value is -3.71. The molecule has 1 aromatic carbocycles. The van der Waals surface area contributed by atoms with Crippen molar-refractivity contribution in [1.29, 1.82) is 0 Å². The Kier molecular flexibility index (Phi) is 7.88. The van der Waals surface area contributed by atoms with E-state index in [1.165, 1.54) is 11.0 Å². The minimum absolute atomic E-state index is 0.00306.